The molecule has 3 N–H and O–H groups in total. The highest BCUT2D eigenvalue weighted by Gasteiger charge is 2.16. The van der Waals surface area contributed by atoms with Crippen LogP contribution in [-0.2, 0) is 10.0 Å². The Kier molecular flexibility index (Phi) is 3.72. The first kappa shape index (κ1) is 13.8. The molecule has 1 heterocycles. The van der Waals surface area contributed by atoms with Gasteiger partial charge >= 0.3 is 0 Å². The maximum Gasteiger partial charge on any atom is 0.263 e. The zero-order valence-electron chi connectivity index (χ0n) is 9.47. The van der Waals surface area contributed by atoms with Gasteiger partial charge in [0.25, 0.3) is 10.0 Å². The number of rotatable bonds is 3. The van der Waals surface area contributed by atoms with Crippen molar-refractivity contribution in [3.05, 3.63) is 46.9 Å². The minimum atomic E-state index is -3.92. The molecule has 0 radical (unpaired) electrons. The van der Waals surface area contributed by atoms with E-state index >= 15 is 0 Å². The predicted octanol–water partition coefficient (Wildman–Crippen LogP) is 2.37. The van der Waals surface area contributed by atoms with Crippen LogP contribution in [0.2, 0.25) is 0 Å². The average Bonchev–Trinajstić information content (AvgIpc) is 2.33. The van der Waals surface area contributed by atoms with E-state index in [0.29, 0.717) is 0 Å². The van der Waals surface area contributed by atoms with Crippen LogP contribution >= 0.6 is 15.9 Å². The van der Waals surface area contributed by atoms with Crippen LogP contribution in [0.4, 0.5) is 15.8 Å². The van der Waals surface area contributed by atoms with Gasteiger partial charge in [0.2, 0.25) is 0 Å². The van der Waals surface area contributed by atoms with Gasteiger partial charge in [-0.05, 0) is 24.3 Å². The normalized spacial score (nSPS) is 11.3. The number of benzene rings is 1. The number of nitrogen functional groups attached to an aromatic ring is 1. The lowest BCUT2D eigenvalue weighted by Gasteiger charge is -2.10. The number of hydrogen-bond donors (Lipinski definition) is 2. The Morgan fingerprint density at radius 3 is 2.63 bits per heavy atom. The van der Waals surface area contributed by atoms with E-state index < -0.39 is 15.8 Å². The molecular formula is C11H9BrFN3O2S. The number of nitrogens with two attached hydrogens (primary N) is 1. The molecule has 0 aliphatic carbocycles. The van der Waals surface area contributed by atoms with Gasteiger partial charge in [0.05, 0.1) is 17.6 Å². The van der Waals surface area contributed by atoms with E-state index in [1.54, 1.807) is 12.1 Å². The van der Waals surface area contributed by atoms with Crippen molar-refractivity contribution in [3.8, 4) is 0 Å². The Labute approximate surface area is 117 Å². The number of anilines is 2. The third kappa shape index (κ3) is 3.21. The summed E-state index contributed by atoms with van der Waals surface area (Å²) in [6.07, 6.45) is 1.98. The van der Waals surface area contributed by atoms with Gasteiger partial charge in [-0.3, -0.25) is 9.71 Å². The number of nitrogens with one attached hydrogen (secondary N) is 1. The van der Waals surface area contributed by atoms with Gasteiger partial charge in [-0.1, -0.05) is 15.9 Å². The smallest absolute Gasteiger partial charge is 0.263 e. The van der Waals surface area contributed by atoms with Crippen LogP contribution in [0.15, 0.2) is 46.0 Å². The summed E-state index contributed by atoms with van der Waals surface area (Å²) in [4.78, 5) is 3.23. The molecule has 100 valence electrons. The van der Waals surface area contributed by atoms with E-state index in [9.17, 15) is 12.8 Å². The first-order chi connectivity index (χ1) is 8.88. The highest BCUT2D eigenvalue weighted by atomic mass is 79.9. The summed E-state index contributed by atoms with van der Waals surface area (Å²) in [6.45, 7) is 0. The molecule has 2 aromatic rings. The van der Waals surface area contributed by atoms with Gasteiger partial charge < -0.3 is 5.73 Å². The van der Waals surface area contributed by atoms with E-state index in [4.69, 9.17) is 5.73 Å². The molecule has 0 spiro atoms. The Bertz CT molecular complexity index is 722. The van der Waals surface area contributed by atoms with Crippen LogP contribution in [0.3, 0.4) is 0 Å². The van der Waals surface area contributed by atoms with E-state index in [1.165, 1.54) is 6.07 Å². The molecule has 0 saturated heterocycles. The zero-order chi connectivity index (χ0) is 14.0. The molecule has 0 amide bonds. The van der Waals surface area contributed by atoms with Crippen molar-refractivity contribution in [3.63, 3.8) is 0 Å². The van der Waals surface area contributed by atoms with Gasteiger partial charge in [-0.15, -0.1) is 0 Å². The molecule has 1 aromatic carbocycles. The minimum Gasteiger partial charge on any atom is -0.397 e. The van der Waals surface area contributed by atoms with Crippen molar-refractivity contribution >= 4 is 37.3 Å². The van der Waals surface area contributed by atoms with Gasteiger partial charge in [0, 0.05) is 10.7 Å². The molecule has 2 rings (SSSR count). The summed E-state index contributed by atoms with van der Waals surface area (Å²) in [5.41, 5.74) is 6.16. The molecule has 0 fully saturated rings. The van der Waals surface area contributed by atoms with E-state index in [-0.39, 0.29) is 16.3 Å². The van der Waals surface area contributed by atoms with Crippen molar-refractivity contribution in [2.24, 2.45) is 0 Å². The van der Waals surface area contributed by atoms with E-state index in [0.717, 1.165) is 22.9 Å². The molecule has 0 saturated carbocycles. The molecule has 1 aromatic heterocycles. The van der Waals surface area contributed by atoms with Crippen LogP contribution < -0.4 is 10.5 Å². The van der Waals surface area contributed by atoms with Crippen LogP contribution in [0.5, 0.6) is 0 Å². The van der Waals surface area contributed by atoms with Crippen molar-refractivity contribution < 1.29 is 12.8 Å². The fourth-order valence-electron chi connectivity index (χ4n) is 1.37. The third-order valence-electron chi connectivity index (χ3n) is 2.25. The Morgan fingerprint density at radius 2 is 2.00 bits per heavy atom. The van der Waals surface area contributed by atoms with Crippen molar-refractivity contribution in [1.29, 1.82) is 0 Å². The summed E-state index contributed by atoms with van der Waals surface area (Å²) in [7, 11) is -3.92. The standard InChI is InChI=1S/C11H9BrFN3O2S/c12-7-1-2-11(10(14)3-7)16-19(17,18)9-4-8(13)5-15-6-9/h1-6,16H,14H2. The van der Waals surface area contributed by atoms with Gasteiger partial charge in [-0.2, -0.15) is 0 Å². The van der Waals surface area contributed by atoms with Gasteiger partial charge in [0.15, 0.2) is 0 Å². The minimum absolute atomic E-state index is 0.215. The number of hydrogen-bond acceptors (Lipinski definition) is 4. The molecule has 0 aliphatic rings. The molecule has 0 atom stereocenters. The maximum atomic E-state index is 13.0. The quantitative estimate of drug-likeness (QED) is 0.836. The summed E-state index contributed by atoms with van der Waals surface area (Å²) in [5, 5.41) is 0. The number of sulfonamides is 1. The lowest BCUT2D eigenvalue weighted by molar-refractivity contribution is 0.592. The predicted molar refractivity (Wildman–Crippen MR) is 73.6 cm³/mol. The lowest BCUT2D eigenvalue weighted by atomic mass is 10.3. The molecule has 0 aliphatic heterocycles. The second-order valence-electron chi connectivity index (χ2n) is 3.68. The molecular weight excluding hydrogens is 337 g/mol. The fraction of sp³-hybridized carbons (Fsp3) is 0. The maximum absolute atomic E-state index is 13.0. The second kappa shape index (κ2) is 5.14. The monoisotopic (exact) mass is 345 g/mol. The topological polar surface area (TPSA) is 85.1 Å². The van der Waals surface area contributed by atoms with E-state index in [2.05, 4.69) is 25.6 Å². The number of halogens is 2. The largest absolute Gasteiger partial charge is 0.397 e. The van der Waals surface area contributed by atoms with E-state index in [1.807, 2.05) is 0 Å². The molecule has 0 unspecified atom stereocenters. The number of pyridine rings is 1. The number of aromatic nitrogens is 1. The Morgan fingerprint density at radius 1 is 1.26 bits per heavy atom. The van der Waals surface area contributed by atoms with Crippen molar-refractivity contribution in [2.45, 2.75) is 4.90 Å². The van der Waals surface area contributed by atoms with Crippen LogP contribution in [-0.4, -0.2) is 13.4 Å². The van der Waals surface area contributed by atoms with Crippen LogP contribution in [0, 0.1) is 5.82 Å². The fourth-order valence-corrected chi connectivity index (χ4v) is 2.81. The Balaban J connectivity index is 2.36. The molecule has 0 bridgehead atoms. The SMILES string of the molecule is Nc1cc(Br)ccc1NS(=O)(=O)c1cncc(F)c1. The third-order valence-corrected chi connectivity index (χ3v) is 4.07. The van der Waals surface area contributed by atoms with Crippen LogP contribution in [0.25, 0.3) is 0 Å². The van der Waals surface area contributed by atoms with Crippen molar-refractivity contribution in [2.75, 3.05) is 10.5 Å². The summed E-state index contributed by atoms with van der Waals surface area (Å²) >= 11 is 3.21. The molecule has 8 heteroatoms. The average molecular weight is 346 g/mol. The lowest BCUT2D eigenvalue weighted by Crippen LogP contribution is -2.14. The molecule has 5 nitrogen and oxygen atoms in total. The first-order valence-corrected chi connectivity index (χ1v) is 7.34. The first-order valence-electron chi connectivity index (χ1n) is 5.07. The zero-order valence-corrected chi connectivity index (χ0v) is 11.9. The summed E-state index contributed by atoms with van der Waals surface area (Å²) < 4.78 is 40.0. The van der Waals surface area contributed by atoms with Gasteiger partial charge in [-0.25, -0.2) is 12.8 Å². The highest BCUT2D eigenvalue weighted by molar-refractivity contribution is 9.10. The van der Waals surface area contributed by atoms with Crippen LogP contribution in [0.1, 0.15) is 0 Å². The second-order valence-corrected chi connectivity index (χ2v) is 6.27. The molecule has 19 heavy (non-hydrogen) atoms. The number of nitrogens with zero attached hydrogens (tertiary/aromatic N) is 1. The van der Waals surface area contributed by atoms with Gasteiger partial charge in [0.1, 0.15) is 10.7 Å². The highest BCUT2D eigenvalue weighted by Crippen LogP contribution is 2.25. The summed E-state index contributed by atoms with van der Waals surface area (Å²) in [6, 6.07) is 5.58. The van der Waals surface area contributed by atoms with Crippen molar-refractivity contribution in [1.82, 2.24) is 4.98 Å². The Hall–Kier alpha value is -1.67. The summed E-state index contributed by atoms with van der Waals surface area (Å²) in [5.74, 6) is -0.730.